The maximum absolute atomic E-state index is 14.8. The van der Waals surface area contributed by atoms with Crippen LogP contribution in [0.4, 0.5) is 71.6 Å². The third-order valence-corrected chi connectivity index (χ3v) is 25.3. The summed E-state index contributed by atoms with van der Waals surface area (Å²) in [6.07, 6.45) is -2.72. The molecule has 2 saturated heterocycles. The highest BCUT2D eigenvalue weighted by Crippen LogP contribution is 2.48. The Hall–Kier alpha value is -15.3. The van der Waals surface area contributed by atoms with E-state index in [1.165, 1.54) is 90.9 Å². The molecular weight excluding hydrogens is 1880 g/mol. The number of rotatable bonds is 28. The molecule has 143 heavy (non-hydrogen) atoms. The van der Waals surface area contributed by atoms with Gasteiger partial charge in [0.2, 0.25) is 0 Å². The van der Waals surface area contributed by atoms with Crippen LogP contribution in [-0.2, 0) is 36.5 Å². The number of amides is 8. The smallest absolute Gasteiger partial charge is 0.396 e. The van der Waals surface area contributed by atoms with E-state index in [0.29, 0.717) is 84.3 Å². The lowest BCUT2D eigenvalue weighted by Gasteiger charge is -2.39. The summed E-state index contributed by atoms with van der Waals surface area (Å²) in [4.78, 5) is 99.9. The summed E-state index contributed by atoms with van der Waals surface area (Å²) >= 11 is 0. The van der Waals surface area contributed by atoms with Crippen LogP contribution in [0.25, 0.3) is 45.0 Å². The zero-order valence-corrected chi connectivity index (χ0v) is 78.2. The second kappa shape index (κ2) is 46.4. The van der Waals surface area contributed by atoms with Crippen molar-refractivity contribution < 1.29 is 96.5 Å². The van der Waals surface area contributed by atoms with E-state index in [0.717, 1.165) is 51.0 Å². The minimum atomic E-state index is -4.70. The number of aliphatic hydroxyl groups is 1. The number of aryl methyl sites for hydroxylation is 4. The van der Waals surface area contributed by atoms with Gasteiger partial charge in [0, 0.05) is 110 Å². The minimum Gasteiger partial charge on any atom is -0.396 e. The summed E-state index contributed by atoms with van der Waals surface area (Å²) in [5, 5.41) is 37.3. The molecule has 0 spiro atoms. The van der Waals surface area contributed by atoms with Crippen LogP contribution in [0.2, 0.25) is 0 Å². The lowest BCUT2D eigenvalue weighted by Crippen LogP contribution is -2.52. The molecule has 3 atom stereocenters. The monoisotopic (exact) mass is 1990 g/mol. The zero-order chi connectivity index (χ0) is 103. The van der Waals surface area contributed by atoms with Crippen LogP contribution >= 0.6 is 0 Å². The van der Waals surface area contributed by atoms with Gasteiger partial charge in [-0.2, -0.15) is 33.6 Å². The van der Waals surface area contributed by atoms with Crippen molar-refractivity contribution in [3.8, 4) is 45.0 Å². The number of hydrogen-bond donors (Lipinski definition) is 13. The number of aliphatic hydroxyl groups excluding tert-OH is 1. The Morgan fingerprint density at radius 1 is 0.462 bits per heavy atom. The lowest BCUT2D eigenvalue weighted by atomic mass is 9.84. The highest BCUT2D eigenvalue weighted by Gasteiger charge is 2.59. The van der Waals surface area contributed by atoms with Crippen molar-refractivity contribution in [2.75, 3.05) is 62.9 Å². The fourth-order valence-corrected chi connectivity index (χ4v) is 17.3. The van der Waals surface area contributed by atoms with Gasteiger partial charge in [0.05, 0.1) is 12.6 Å². The van der Waals surface area contributed by atoms with E-state index < -0.39 is 133 Å². The molecule has 31 nitrogen and oxygen atoms in total. The fraction of sp³-hybridized carbons (Fsp3) is 0.327. The molecule has 1 saturated carbocycles. The highest BCUT2D eigenvalue weighted by molar-refractivity contribution is 6.06. The molecule has 3 fully saturated rings. The first-order valence-corrected chi connectivity index (χ1v) is 45.2. The summed E-state index contributed by atoms with van der Waals surface area (Å²) in [5.41, 5.74) is 52.6. The summed E-state index contributed by atoms with van der Waals surface area (Å²) in [6.45, 7) is 8.80. The lowest BCUT2D eigenvalue weighted by molar-refractivity contribution is -0.238. The van der Waals surface area contributed by atoms with E-state index in [1.807, 2.05) is 24.3 Å². The van der Waals surface area contributed by atoms with Crippen molar-refractivity contribution >= 4 is 70.5 Å². The standard InChI is InChI=1S/C27H32FN5O2.C25H25F4N5O3.C25H27F3N6O2.C23H24F3N5O3.CH4/c1-16-8-13-21(28)14-22(16)27(35)31-15-18-9-11-20(12-10-18)24-23(26(30)34)25(29)33(32-24)17(2)19-6-4-3-5-7-19;1-14-2-7-17(26)12-18(14)23(36)32-13-15-3-5-16(6-4-15)20-19(22(31)35)21(30)34(33-20)24(25(27,28)29)8-10-37-11-9-24;1-14-3-8-17(26)11-18(14)24(36)31-12-15-4-6-16(7-5-15)21-20(23(30)35)22(29)34(32-21)19-9-10-33(2)13-25(19,27)28;1-12-2-7-15(24)10-16(12)23(34)29-11-13-3-5-14(6-4-13)19-18(22(28)33)21(27)31(30-19)17(8-9-32)20(25)26;/h8-14,17,19H,3-7,15,29H2,1-2H3,(H2,30,34)(H,31,35);2-7,12H,8-11,13,30H2,1H3,(H2,31,35)(H,32,36);3-8,11,19H,9-10,12-13,29H2,1-2H3,(H2,30,35)(H,31,36);2-7,10,17,20,32H,8-9,11,27H2,1H3,(H2,28,33)(H,29,34);1H4. The average molecular weight is 1990 g/mol. The predicted molar refractivity (Wildman–Crippen MR) is 517 cm³/mol. The highest BCUT2D eigenvalue weighted by atomic mass is 19.4. The van der Waals surface area contributed by atoms with Crippen molar-refractivity contribution in [1.29, 1.82) is 0 Å². The van der Waals surface area contributed by atoms with E-state index >= 15 is 0 Å². The average Bonchev–Trinajstić information content (AvgIpc) is 1.60. The molecule has 42 heteroatoms. The molecule has 2 aliphatic heterocycles. The number of alkyl halides is 7. The van der Waals surface area contributed by atoms with E-state index in [2.05, 4.69) is 43.5 Å². The molecule has 6 heterocycles. The summed E-state index contributed by atoms with van der Waals surface area (Å²) in [5.74, 6) is -10.4. The van der Waals surface area contributed by atoms with E-state index in [9.17, 15) is 86.7 Å². The van der Waals surface area contributed by atoms with Crippen LogP contribution < -0.4 is 67.1 Å². The maximum atomic E-state index is 14.8. The molecule has 8 amide bonds. The van der Waals surface area contributed by atoms with Gasteiger partial charge in [-0.25, -0.2) is 53.9 Å². The van der Waals surface area contributed by atoms with Crippen LogP contribution in [-0.4, -0.2) is 155 Å². The number of piperidine rings is 1. The quantitative estimate of drug-likeness (QED) is 0.0203. The predicted octanol–water partition coefficient (Wildman–Crippen LogP) is 15.0. The molecule has 8 aromatic carbocycles. The summed E-state index contributed by atoms with van der Waals surface area (Å²) < 4.78 is 163. The van der Waals surface area contributed by atoms with Gasteiger partial charge in [0.25, 0.3) is 59.6 Å². The number of nitrogens with two attached hydrogens (primary N) is 8. The van der Waals surface area contributed by atoms with Crippen molar-refractivity contribution in [2.45, 2.75) is 168 Å². The van der Waals surface area contributed by atoms with Gasteiger partial charge in [-0.05, 0) is 166 Å². The molecule has 758 valence electrons. The number of nitrogens with zero attached hydrogens (tertiary/aromatic N) is 9. The molecule has 3 aliphatic rings. The minimum absolute atomic E-state index is 0. The number of primary amides is 4. The van der Waals surface area contributed by atoms with Gasteiger partial charge < -0.3 is 81.9 Å². The number of aromatic nitrogens is 8. The fourth-order valence-electron chi connectivity index (χ4n) is 17.3. The number of hydrogen-bond acceptors (Lipinski definition) is 19. The van der Waals surface area contributed by atoms with Gasteiger partial charge in [-0.15, -0.1) is 0 Å². The van der Waals surface area contributed by atoms with Gasteiger partial charge in [-0.1, -0.05) is 148 Å². The molecule has 3 unspecified atom stereocenters. The first kappa shape index (κ1) is 108. The van der Waals surface area contributed by atoms with Crippen LogP contribution in [0.3, 0.4) is 0 Å². The van der Waals surface area contributed by atoms with Crippen molar-refractivity contribution in [3.63, 3.8) is 0 Å². The van der Waals surface area contributed by atoms with E-state index in [1.54, 1.807) is 106 Å². The number of halogens is 11. The molecule has 1 aliphatic carbocycles. The molecular formula is C101H112F11N21O10. The largest absolute Gasteiger partial charge is 0.413 e. The Labute approximate surface area is 815 Å². The Kier molecular flexibility index (Phi) is 35.1. The van der Waals surface area contributed by atoms with E-state index in [-0.39, 0.29) is 139 Å². The van der Waals surface area contributed by atoms with Crippen LogP contribution in [0.1, 0.15) is 218 Å². The van der Waals surface area contributed by atoms with Crippen LogP contribution in [0, 0.1) is 56.9 Å². The second-order valence-electron chi connectivity index (χ2n) is 35.0. The van der Waals surface area contributed by atoms with Crippen molar-refractivity contribution in [3.05, 3.63) is 282 Å². The van der Waals surface area contributed by atoms with Gasteiger partial charge in [-0.3, -0.25) is 38.4 Å². The second-order valence-corrected chi connectivity index (χ2v) is 35.0. The molecule has 12 aromatic rings. The van der Waals surface area contributed by atoms with Crippen molar-refractivity contribution in [2.24, 2.45) is 28.9 Å². The van der Waals surface area contributed by atoms with Gasteiger partial charge in [0.1, 0.15) is 104 Å². The number of nitrogens with one attached hydrogen (secondary N) is 4. The Morgan fingerprint density at radius 3 is 1.11 bits per heavy atom. The molecule has 0 radical (unpaired) electrons. The first-order valence-electron chi connectivity index (χ1n) is 45.2. The molecule has 4 aromatic heterocycles. The van der Waals surface area contributed by atoms with Crippen LogP contribution in [0.5, 0.6) is 0 Å². The summed E-state index contributed by atoms with van der Waals surface area (Å²) in [6, 6.07) is 40.0. The van der Waals surface area contributed by atoms with Crippen LogP contribution in [0.15, 0.2) is 170 Å². The Morgan fingerprint density at radius 2 is 0.783 bits per heavy atom. The van der Waals surface area contributed by atoms with Crippen molar-refractivity contribution in [1.82, 2.24) is 65.3 Å². The number of anilines is 4. The van der Waals surface area contributed by atoms with Gasteiger partial charge >= 0.3 is 6.18 Å². The zero-order valence-electron chi connectivity index (χ0n) is 78.2. The molecule has 21 N–H and O–H groups in total. The summed E-state index contributed by atoms with van der Waals surface area (Å²) in [7, 11) is 1.61. The number of benzene rings is 8. The number of nitrogen functional groups attached to an aromatic ring is 4. The maximum Gasteiger partial charge on any atom is 0.413 e. The Bertz CT molecular complexity index is 6640. The topological polar surface area (TPSA) is 497 Å². The third-order valence-electron chi connectivity index (χ3n) is 25.3. The number of ether oxygens (including phenoxy) is 1. The van der Waals surface area contributed by atoms with E-state index in [4.69, 9.17) is 60.8 Å². The number of likely N-dealkylation sites (tertiary alicyclic amines) is 1. The normalized spacial score (nSPS) is 15.0. The molecule has 15 rings (SSSR count). The third kappa shape index (κ3) is 25.0. The number of carbonyl (C=O) groups is 8. The van der Waals surface area contributed by atoms with Gasteiger partial charge in [0.15, 0.2) is 5.54 Å². The SMILES string of the molecule is C.Cc1ccc(F)cc1C(=O)NCc1ccc(-c2nn(C(C)C3CCCCC3)c(N)c2C(N)=O)cc1.Cc1ccc(F)cc1C(=O)NCc1ccc(-c2nn(C(CCO)C(F)F)c(N)c2C(N)=O)cc1.Cc1ccc(F)cc1C(=O)NCc1ccc(-c2nn(C3(C(F)(F)F)CCOCC3)c(N)c2C(N)=O)cc1.Cc1ccc(F)cc1C(=O)NCc1ccc(-c2nn(C3CCN(C)CC3(F)F)c(N)c2C(N)=O)cc1. The first-order chi connectivity index (χ1) is 67.3. The molecule has 0 bridgehead atoms. The number of carbonyl (C=O) groups excluding carboxylic acids is 8. The Balaban J connectivity index is 0.000000182.